The molecule has 0 amide bonds. The van der Waals surface area contributed by atoms with Gasteiger partial charge in [-0.25, -0.2) is 4.79 Å². The standard InChI is InChI=1S/C13H14N2O3/c1-15-7-10(14)6-12(15)13(17)18-8-9-2-4-11(16)5-3-9/h2-7,16H,8,14H2,1H3. The lowest BCUT2D eigenvalue weighted by atomic mass is 10.2. The fraction of sp³-hybridized carbons (Fsp3) is 0.154. The zero-order chi connectivity index (χ0) is 13.1. The molecule has 0 atom stereocenters. The maximum absolute atomic E-state index is 11.8. The Balaban J connectivity index is 2.00. The van der Waals surface area contributed by atoms with Crippen LogP contribution in [-0.2, 0) is 18.4 Å². The number of carbonyl (C=O) groups excluding carboxylic acids is 1. The highest BCUT2D eigenvalue weighted by atomic mass is 16.5. The second kappa shape index (κ2) is 4.83. The van der Waals surface area contributed by atoms with Crippen LogP contribution in [0, 0.1) is 0 Å². The first-order valence-corrected chi connectivity index (χ1v) is 5.43. The van der Waals surface area contributed by atoms with E-state index in [1.54, 1.807) is 48.1 Å². The van der Waals surface area contributed by atoms with Gasteiger partial charge in [-0.2, -0.15) is 0 Å². The molecule has 5 heteroatoms. The molecule has 3 N–H and O–H groups in total. The highest BCUT2D eigenvalue weighted by Gasteiger charge is 2.12. The van der Waals surface area contributed by atoms with Crippen LogP contribution < -0.4 is 5.73 Å². The number of nitrogen functional groups attached to an aromatic ring is 1. The number of nitrogens with zero attached hydrogens (tertiary/aromatic N) is 1. The Hall–Kier alpha value is -2.43. The molecule has 0 aliphatic carbocycles. The van der Waals surface area contributed by atoms with Crippen LogP contribution in [0.25, 0.3) is 0 Å². The van der Waals surface area contributed by atoms with Gasteiger partial charge in [0.25, 0.3) is 0 Å². The van der Waals surface area contributed by atoms with Crippen LogP contribution in [0.1, 0.15) is 16.1 Å². The van der Waals surface area contributed by atoms with E-state index in [4.69, 9.17) is 15.6 Å². The van der Waals surface area contributed by atoms with Crippen molar-refractivity contribution < 1.29 is 14.6 Å². The highest BCUT2D eigenvalue weighted by molar-refractivity contribution is 5.89. The molecule has 0 aliphatic rings. The van der Waals surface area contributed by atoms with E-state index in [9.17, 15) is 4.79 Å². The van der Waals surface area contributed by atoms with E-state index in [-0.39, 0.29) is 12.4 Å². The Morgan fingerprint density at radius 1 is 1.39 bits per heavy atom. The Bertz CT molecular complexity index is 558. The van der Waals surface area contributed by atoms with Crippen LogP contribution in [0.4, 0.5) is 5.69 Å². The van der Waals surface area contributed by atoms with Gasteiger partial charge in [-0.05, 0) is 23.8 Å². The first-order chi connectivity index (χ1) is 8.56. The maximum atomic E-state index is 11.8. The van der Waals surface area contributed by atoms with Crippen LogP contribution in [0.15, 0.2) is 36.5 Å². The van der Waals surface area contributed by atoms with Crippen molar-refractivity contribution in [3.8, 4) is 5.75 Å². The number of esters is 1. The third-order valence-corrected chi connectivity index (χ3v) is 2.54. The number of phenols is 1. The average Bonchev–Trinajstić information content (AvgIpc) is 2.67. The molecule has 5 nitrogen and oxygen atoms in total. The topological polar surface area (TPSA) is 77.5 Å². The minimum atomic E-state index is -0.428. The Morgan fingerprint density at radius 2 is 2.06 bits per heavy atom. The van der Waals surface area contributed by atoms with Crippen molar-refractivity contribution >= 4 is 11.7 Å². The number of rotatable bonds is 3. The molecule has 0 radical (unpaired) electrons. The second-order valence-electron chi connectivity index (χ2n) is 4.01. The summed E-state index contributed by atoms with van der Waals surface area (Å²) < 4.78 is 6.77. The summed E-state index contributed by atoms with van der Waals surface area (Å²) in [6.45, 7) is 0.157. The van der Waals surface area contributed by atoms with Gasteiger partial charge in [0.15, 0.2) is 0 Å². The summed E-state index contributed by atoms with van der Waals surface area (Å²) in [7, 11) is 1.73. The van der Waals surface area contributed by atoms with Crippen molar-refractivity contribution in [3.63, 3.8) is 0 Å². The van der Waals surface area contributed by atoms with E-state index in [0.717, 1.165) is 5.56 Å². The molecule has 0 aliphatic heterocycles. The van der Waals surface area contributed by atoms with Gasteiger partial charge in [-0.15, -0.1) is 0 Å². The molecule has 1 aromatic carbocycles. The third kappa shape index (κ3) is 2.63. The predicted molar refractivity (Wildman–Crippen MR) is 67.1 cm³/mol. The Kier molecular flexibility index (Phi) is 3.23. The quantitative estimate of drug-likeness (QED) is 0.807. The van der Waals surface area contributed by atoms with Crippen LogP contribution >= 0.6 is 0 Å². The summed E-state index contributed by atoms with van der Waals surface area (Å²) in [6.07, 6.45) is 1.65. The zero-order valence-corrected chi connectivity index (χ0v) is 9.96. The smallest absolute Gasteiger partial charge is 0.355 e. The molecular formula is C13H14N2O3. The molecule has 1 heterocycles. The van der Waals surface area contributed by atoms with Crippen molar-refractivity contribution in [3.05, 3.63) is 47.8 Å². The molecule has 0 saturated heterocycles. The van der Waals surface area contributed by atoms with Crippen molar-refractivity contribution in [2.45, 2.75) is 6.61 Å². The number of benzene rings is 1. The lowest BCUT2D eigenvalue weighted by Gasteiger charge is -2.05. The van der Waals surface area contributed by atoms with Gasteiger partial charge >= 0.3 is 5.97 Å². The highest BCUT2D eigenvalue weighted by Crippen LogP contribution is 2.13. The molecule has 0 unspecified atom stereocenters. The zero-order valence-electron chi connectivity index (χ0n) is 9.96. The Labute approximate surface area is 104 Å². The van der Waals surface area contributed by atoms with E-state index in [0.29, 0.717) is 11.4 Å². The van der Waals surface area contributed by atoms with Crippen molar-refractivity contribution in [1.29, 1.82) is 0 Å². The number of carbonyl (C=O) groups is 1. The fourth-order valence-electron chi connectivity index (χ4n) is 1.61. The molecule has 0 spiro atoms. The summed E-state index contributed by atoms with van der Waals surface area (Å²) in [4.78, 5) is 11.8. The van der Waals surface area contributed by atoms with Crippen LogP contribution in [-0.4, -0.2) is 15.6 Å². The van der Waals surface area contributed by atoms with E-state index < -0.39 is 5.97 Å². The number of aromatic hydroxyl groups is 1. The van der Waals surface area contributed by atoms with Gasteiger partial charge in [-0.3, -0.25) is 0 Å². The molecule has 94 valence electrons. The molecule has 2 rings (SSSR count). The monoisotopic (exact) mass is 246 g/mol. The van der Waals surface area contributed by atoms with E-state index in [1.165, 1.54) is 0 Å². The van der Waals surface area contributed by atoms with Crippen molar-refractivity contribution in [1.82, 2.24) is 4.57 Å². The van der Waals surface area contributed by atoms with Gasteiger partial charge < -0.3 is 20.1 Å². The number of aromatic nitrogens is 1. The molecule has 18 heavy (non-hydrogen) atoms. The van der Waals surface area contributed by atoms with Gasteiger partial charge in [0.2, 0.25) is 0 Å². The number of hydrogen-bond acceptors (Lipinski definition) is 4. The van der Waals surface area contributed by atoms with Gasteiger partial charge in [0.1, 0.15) is 18.1 Å². The summed E-state index contributed by atoms with van der Waals surface area (Å²) in [6, 6.07) is 8.05. The summed E-state index contributed by atoms with van der Waals surface area (Å²) in [5.74, 6) is -0.248. The second-order valence-corrected chi connectivity index (χ2v) is 4.01. The average molecular weight is 246 g/mol. The first-order valence-electron chi connectivity index (χ1n) is 5.43. The van der Waals surface area contributed by atoms with E-state index in [2.05, 4.69) is 0 Å². The van der Waals surface area contributed by atoms with E-state index in [1.807, 2.05) is 0 Å². The lowest BCUT2D eigenvalue weighted by molar-refractivity contribution is 0.0461. The fourth-order valence-corrected chi connectivity index (χ4v) is 1.61. The number of nitrogens with two attached hydrogens (primary N) is 1. The molecule has 0 bridgehead atoms. The van der Waals surface area contributed by atoms with E-state index >= 15 is 0 Å². The van der Waals surface area contributed by atoms with Crippen LogP contribution in [0.3, 0.4) is 0 Å². The minimum absolute atomic E-state index is 0.157. The molecule has 0 saturated carbocycles. The molecule has 1 aromatic heterocycles. The Morgan fingerprint density at radius 3 is 2.61 bits per heavy atom. The largest absolute Gasteiger partial charge is 0.508 e. The van der Waals surface area contributed by atoms with Crippen LogP contribution in [0.2, 0.25) is 0 Å². The molecule has 0 fully saturated rings. The third-order valence-electron chi connectivity index (χ3n) is 2.54. The first kappa shape index (κ1) is 12.0. The SMILES string of the molecule is Cn1cc(N)cc1C(=O)OCc1ccc(O)cc1. The number of phenolic OH excluding ortho intramolecular Hbond substituents is 1. The summed E-state index contributed by atoms with van der Waals surface area (Å²) in [5.41, 5.74) is 7.32. The summed E-state index contributed by atoms with van der Waals surface area (Å²) in [5, 5.41) is 9.13. The molecular weight excluding hydrogens is 232 g/mol. The van der Waals surface area contributed by atoms with Crippen molar-refractivity contribution in [2.75, 3.05) is 5.73 Å². The number of hydrogen-bond donors (Lipinski definition) is 2. The summed E-state index contributed by atoms with van der Waals surface area (Å²) >= 11 is 0. The minimum Gasteiger partial charge on any atom is -0.508 e. The van der Waals surface area contributed by atoms with Gasteiger partial charge in [-0.1, -0.05) is 12.1 Å². The van der Waals surface area contributed by atoms with Gasteiger partial charge in [0, 0.05) is 13.2 Å². The predicted octanol–water partition coefficient (Wildman–Crippen LogP) is 1.67. The number of ether oxygens (including phenoxy) is 1. The van der Waals surface area contributed by atoms with Gasteiger partial charge in [0.05, 0.1) is 5.69 Å². The number of aryl methyl sites for hydroxylation is 1. The number of anilines is 1. The molecule has 2 aromatic rings. The maximum Gasteiger partial charge on any atom is 0.355 e. The van der Waals surface area contributed by atoms with Crippen molar-refractivity contribution in [2.24, 2.45) is 7.05 Å². The van der Waals surface area contributed by atoms with Crippen LogP contribution in [0.5, 0.6) is 5.75 Å². The normalized spacial score (nSPS) is 10.3. The lowest BCUT2D eigenvalue weighted by Crippen LogP contribution is -2.09.